The molecule has 0 fully saturated rings. The Morgan fingerprint density at radius 3 is 2.26 bits per heavy atom. The van der Waals surface area contributed by atoms with Crippen LogP contribution >= 0.6 is 23.2 Å². The standard InChI is InChI=1S/C22H19Cl2FN2O3S/c1-15-2-10-20(11-3-15)31(29,30)27(19-8-6-18(25)7-9-19)14-22(28)26-13-16-4-5-17(23)12-21(16)24/h2-12H,13-14H2,1H3,(H,26,28). The number of nitrogens with one attached hydrogen (secondary N) is 1. The van der Waals surface area contributed by atoms with Crippen LogP contribution in [0.4, 0.5) is 10.1 Å². The summed E-state index contributed by atoms with van der Waals surface area (Å²) in [5, 5.41) is 3.51. The van der Waals surface area contributed by atoms with Crippen molar-refractivity contribution in [3.63, 3.8) is 0 Å². The molecular weight excluding hydrogens is 462 g/mol. The van der Waals surface area contributed by atoms with Gasteiger partial charge in [0.1, 0.15) is 12.4 Å². The van der Waals surface area contributed by atoms with Crippen molar-refractivity contribution >= 4 is 44.8 Å². The molecule has 3 aromatic rings. The molecular formula is C22H19Cl2FN2O3S. The number of anilines is 1. The summed E-state index contributed by atoms with van der Waals surface area (Å²) in [6.45, 7) is 1.44. The van der Waals surface area contributed by atoms with Crippen LogP contribution in [0.5, 0.6) is 0 Å². The summed E-state index contributed by atoms with van der Waals surface area (Å²) in [6.07, 6.45) is 0. The van der Waals surface area contributed by atoms with Gasteiger partial charge in [0.15, 0.2) is 0 Å². The van der Waals surface area contributed by atoms with Gasteiger partial charge in [0, 0.05) is 16.6 Å². The second-order valence-corrected chi connectivity index (χ2v) is 9.52. The maximum atomic E-state index is 13.4. The zero-order valence-corrected chi connectivity index (χ0v) is 18.8. The van der Waals surface area contributed by atoms with Crippen LogP contribution < -0.4 is 9.62 Å². The number of sulfonamides is 1. The molecule has 0 saturated heterocycles. The van der Waals surface area contributed by atoms with E-state index < -0.39 is 28.3 Å². The summed E-state index contributed by atoms with van der Waals surface area (Å²) < 4.78 is 40.8. The highest BCUT2D eigenvalue weighted by atomic mass is 35.5. The van der Waals surface area contributed by atoms with Crippen LogP contribution in [0, 0.1) is 12.7 Å². The normalized spacial score (nSPS) is 11.2. The number of hydrogen-bond acceptors (Lipinski definition) is 3. The van der Waals surface area contributed by atoms with E-state index in [1.54, 1.807) is 30.3 Å². The van der Waals surface area contributed by atoms with Crippen molar-refractivity contribution in [3.05, 3.63) is 93.7 Å². The molecule has 3 rings (SSSR count). The van der Waals surface area contributed by atoms with Crippen molar-refractivity contribution in [2.75, 3.05) is 10.8 Å². The van der Waals surface area contributed by atoms with Gasteiger partial charge in [-0.2, -0.15) is 0 Å². The molecule has 0 aromatic heterocycles. The van der Waals surface area contributed by atoms with Crippen molar-refractivity contribution in [2.45, 2.75) is 18.4 Å². The Labute approximate surface area is 190 Å². The van der Waals surface area contributed by atoms with E-state index in [9.17, 15) is 17.6 Å². The molecule has 31 heavy (non-hydrogen) atoms. The Morgan fingerprint density at radius 2 is 1.65 bits per heavy atom. The minimum atomic E-state index is -4.07. The average Bonchev–Trinajstić information content (AvgIpc) is 2.72. The second kappa shape index (κ2) is 9.68. The lowest BCUT2D eigenvalue weighted by Crippen LogP contribution is -2.40. The first-order valence-electron chi connectivity index (χ1n) is 9.22. The Balaban J connectivity index is 1.85. The Hall–Kier alpha value is -2.61. The van der Waals surface area contributed by atoms with Gasteiger partial charge in [-0.25, -0.2) is 12.8 Å². The molecule has 0 saturated carbocycles. The van der Waals surface area contributed by atoms with Crippen LogP contribution in [0.1, 0.15) is 11.1 Å². The van der Waals surface area contributed by atoms with E-state index in [1.165, 1.54) is 24.3 Å². The molecule has 0 aliphatic rings. The fourth-order valence-electron chi connectivity index (χ4n) is 2.81. The van der Waals surface area contributed by atoms with Crippen molar-refractivity contribution in [1.82, 2.24) is 5.32 Å². The van der Waals surface area contributed by atoms with Gasteiger partial charge in [-0.15, -0.1) is 0 Å². The van der Waals surface area contributed by atoms with Crippen molar-refractivity contribution in [3.8, 4) is 0 Å². The van der Waals surface area contributed by atoms with E-state index in [0.29, 0.717) is 15.6 Å². The number of carbonyl (C=O) groups excluding carboxylic acids is 1. The Bertz CT molecular complexity index is 1180. The first-order valence-corrected chi connectivity index (χ1v) is 11.4. The van der Waals surface area contributed by atoms with E-state index >= 15 is 0 Å². The van der Waals surface area contributed by atoms with E-state index in [4.69, 9.17) is 23.2 Å². The van der Waals surface area contributed by atoms with Crippen LogP contribution in [0.15, 0.2) is 71.6 Å². The summed E-state index contributed by atoms with van der Waals surface area (Å²) >= 11 is 12.0. The number of aryl methyl sites for hydroxylation is 1. The predicted molar refractivity (Wildman–Crippen MR) is 120 cm³/mol. The molecule has 1 N–H and O–H groups in total. The maximum Gasteiger partial charge on any atom is 0.264 e. The molecule has 1 amide bonds. The Morgan fingerprint density at radius 1 is 1.00 bits per heavy atom. The average molecular weight is 481 g/mol. The smallest absolute Gasteiger partial charge is 0.264 e. The molecule has 0 heterocycles. The van der Waals surface area contributed by atoms with Crippen molar-refractivity contribution in [2.24, 2.45) is 0 Å². The lowest BCUT2D eigenvalue weighted by molar-refractivity contribution is -0.119. The molecule has 0 radical (unpaired) electrons. The summed E-state index contributed by atoms with van der Waals surface area (Å²) in [5.74, 6) is -1.07. The fraction of sp³-hybridized carbons (Fsp3) is 0.136. The molecule has 162 valence electrons. The maximum absolute atomic E-state index is 13.4. The van der Waals surface area contributed by atoms with Gasteiger partial charge >= 0.3 is 0 Å². The predicted octanol–water partition coefficient (Wildman–Crippen LogP) is 4.95. The number of carbonyl (C=O) groups is 1. The molecule has 0 atom stereocenters. The van der Waals surface area contributed by atoms with Gasteiger partial charge < -0.3 is 5.32 Å². The molecule has 0 bridgehead atoms. The zero-order chi connectivity index (χ0) is 22.6. The van der Waals surface area contributed by atoms with Crippen LogP contribution in [0.3, 0.4) is 0 Å². The highest BCUT2D eigenvalue weighted by molar-refractivity contribution is 7.92. The van der Waals surface area contributed by atoms with Crippen LogP contribution in [-0.2, 0) is 21.4 Å². The van der Waals surface area contributed by atoms with E-state index in [-0.39, 0.29) is 17.1 Å². The van der Waals surface area contributed by atoms with E-state index in [2.05, 4.69) is 5.32 Å². The van der Waals surface area contributed by atoms with Crippen molar-refractivity contribution < 1.29 is 17.6 Å². The quantitative estimate of drug-likeness (QED) is 0.519. The molecule has 9 heteroatoms. The SMILES string of the molecule is Cc1ccc(S(=O)(=O)N(CC(=O)NCc2ccc(Cl)cc2Cl)c2ccc(F)cc2)cc1. The second-order valence-electron chi connectivity index (χ2n) is 6.81. The summed E-state index contributed by atoms with van der Waals surface area (Å²) in [4.78, 5) is 12.6. The largest absolute Gasteiger partial charge is 0.350 e. The number of benzene rings is 3. The van der Waals surface area contributed by atoms with Gasteiger partial charge in [-0.1, -0.05) is 47.0 Å². The topological polar surface area (TPSA) is 66.5 Å². The molecule has 0 aliphatic heterocycles. The fourth-order valence-corrected chi connectivity index (χ4v) is 4.70. The van der Waals surface area contributed by atoms with E-state index in [0.717, 1.165) is 22.0 Å². The number of hydrogen-bond donors (Lipinski definition) is 1. The third-order valence-corrected chi connectivity index (χ3v) is 6.88. The first-order chi connectivity index (χ1) is 14.7. The third kappa shape index (κ3) is 5.76. The van der Waals surface area contributed by atoms with Crippen LogP contribution in [0.2, 0.25) is 10.0 Å². The van der Waals surface area contributed by atoms with Gasteiger partial charge in [0.2, 0.25) is 5.91 Å². The number of nitrogens with zero attached hydrogens (tertiary/aromatic N) is 1. The Kier molecular flexibility index (Phi) is 7.20. The zero-order valence-electron chi connectivity index (χ0n) is 16.5. The molecule has 5 nitrogen and oxygen atoms in total. The van der Waals surface area contributed by atoms with Gasteiger partial charge in [0.05, 0.1) is 10.6 Å². The molecule has 0 spiro atoms. The molecule has 0 aliphatic carbocycles. The third-order valence-electron chi connectivity index (χ3n) is 4.50. The van der Waals surface area contributed by atoms with Crippen LogP contribution in [0.25, 0.3) is 0 Å². The first kappa shape index (κ1) is 23.1. The summed E-state index contributed by atoms with van der Waals surface area (Å²) in [7, 11) is -4.07. The summed E-state index contributed by atoms with van der Waals surface area (Å²) in [5.41, 5.74) is 1.70. The van der Waals surface area contributed by atoms with Crippen molar-refractivity contribution in [1.29, 1.82) is 0 Å². The highest BCUT2D eigenvalue weighted by Gasteiger charge is 2.27. The number of rotatable bonds is 7. The van der Waals surface area contributed by atoms with Crippen LogP contribution in [-0.4, -0.2) is 20.9 Å². The lowest BCUT2D eigenvalue weighted by Gasteiger charge is -2.24. The molecule has 0 unspecified atom stereocenters. The lowest BCUT2D eigenvalue weighted by atomic mass is 10.2. The van der Waals surface area contributed by atoms with Gasteiger partial charge in [0.25, 0.3) is 10.0 Å². The number of halogens is 3. The van der Waals surface area contributed by atoms with E-state index in [1.807, 2.05) is 6.92 Å². The monoisotopic (exact) mass is 480 g/mol. The minimum Gasteiger partial charge on any atom is -0.350 e. The minimum absolute atomic E-state index is 0.0240. The molecule has 3 aromatic carbocycles. The van der Waals surface area contributed by atoms with Gasteiger partial charge in [-0.3, -0.25) is 9.10 Å². The highest BCUT2D eigenvalue weighted by Crippen LogP contribution is 2.24. The number of amides is 1. The van der Waals surface area contributed by atoms with Gasteiger partial charge in [-0.05, 0) is 61.0 Å². The summed E-state index contributed by atoms with van der Waals surface area (Å²) in [6, 6.07) is 16.0.